The lowest BCUT2D eigenvalue weighted by atomic mass is 10.1. The molecule has 0 spiro atoms. The third-order valence-corrected chi connectivity index (χ3v) is 5.07. The van der Waals surface area contributed by atoms with Crippen LogP contribution in [-0.4, -0.2) is 41.6 Å². The summed E-state index contributed by atoms with van der Waals surface area (Å²) in [5, 5.41) is 0.455. The minimum absolute atomic E-state index is 0.0360. The Morgan fingerprint density at radius 1 is 1.35 bits per heavy atom. The number of halogens is 2. The highest BCUT2D eigenvalue weighted by Crippen LogP contribution is 2.31. The van der Waals surface area contributed by atoms with E-state index >= 15 is 0 Å². The Balaban J connectivity index is 1.62. The summed E-state index contributed by atoms with van der Waals surface area (Å²) in [7, 11) is 0. The maximum atomic E-state index is 14.0. The summed E-state index contributed by atoms with van der Waals surface area (Å²) in [5.74, 6) is 0.0489. The first-order valence-corrected chi connectivity index (χ1v) is 8.77. The van der Waals surface area contributed by atoms with Crippen LogP contribution in [0.25, 0.3) is 10.9 Å². The van der Waals surface area contributed by atoms with Crippen LogP contribution < -0.4 is 0 Å². The van der Waals surface area contributed by atoms with Crippen LogP contribution in [0.5, 0.6) is 0 Å². The van der Waals surface area contributed by atoms with Gasteiger partial charge in [0.15, 0.2) is 0 Å². The fraction of sp³-hybridized carbons (Fsp3) is 0.471. The first-order valence-electron chi connectivity index (χ1n) is 7.98. The quantitative estimate of drug-likeness (QED) is 0.878. The molecule has 1 aliphatic carbocycles. The van der Waals surface area contributed by atoms with Crippen molar-refractivity contribution in [3.8, 4) is 0 Å². The molecule has 6 heteroatoms. The summed E-state index contributed by atoms with van der Waals surface area (Å²) in [6, 6.07) is 5.16. The summed E-state index contributed by atoms with van der Waals surface area (Å²) in [6.45, 7) is 2.23. The molecule has 1 amide bonds. The molecule has 2 aromatic rings. The minimum Gasteiger partial charge on any atom is -0.381 e. The Morgan fingerprint density at radius 2 is 2.17 bits per heavy atom. The number of amides is 1. The zero-order valence-corrected chi connectivity index (χ0v) is 14.2. The normalized spacial score (nSPS) is 21.0. The summed E-state index contributed by atoms with van der Waals surface area (Å²) in [5.41, 5.74) is 1.10. The van der Waals surface area contributed by atoms with Crippen LogP contribution in [-0.2, 0) is 4.74 Å². The van der Waals surface area contributed by atoms with Gasteiger partial charge in [-0.05, 0) is 37.5 Å². The van der Waals surface area contributed by atoms with E-state index in [0.29, 0.717) is 33.0 Å². The second-order valence-corrected chi connectivity index (χ2v) is 7.37. The fourth-order valence-electron chi connectivity index (χ4n) is 3.22. The molecule has 4 rings (SSSR count). The summed E-state index contributed by atoms with van der Waals surface area (Å²) < 4.78 is 20.1. The SMILES string of the molecule is O=C(c1cc2c(F)cc(Br)cc2[nH]1)N(C[C@H]1CCOC1)C1CC1. The van der Waals surface area contributed by atoms with E-state index in [-0.39, 0.29) is 11.7 Å². The molecular formula is C17H18BrFN2O2. The molecule has 1 saturated carbocycles. The van der Waals surface area contributed by atoms with Crippen molar-refractivity contribution in [3.05, 3.63) is 34.2 Å². The first-order chi connectivity index (χ1) is 11.1. The zero-order chi connectivity index (χ0) is 16.0. The van der Waals surface area contributed by atoms with Crippen molar-refractivity contribution in [2.45, 2.75) is 25.3 Å². The highest BCUT2D eigenvalue weighted by Gasteiger charge is 2.35. The molecule has 1 N–H and O–H groups in total. The van der Waals surface area contributed by atoms with E-state index in [2.05, 4.69) is 20.9 Å². The van der Waals surface area contributed by atoms with Gasteiger partial charge in [-0.2, -0.15) is 0 Å². The molecular weight excluding hydrogens is 363 g/mol. The highest BCUT2D eigenvalue weighted by atomic mass is 79.9. The van der Waals surface area contributed by atoms with Crippen LogP contribution in [0.4, 0.5) is 4.39 Å². The Bertz CT molecular complexity index is 750. The van der Waals surface area contributed by atoms with Gasteiger partial charge in [0.05, 0.1) is 12.1 Å². The van der Waals surface area contributed by atoms with Crippen LogP contribution in [0.3, 0.4) is 0 Å². The van der Waals surface area contributed by atoms with E-state index in [0.717, 1.165) is 39.0 Å². The van der Waals surface area contributed by atoms with Crippen molar-refractivity contribution in [1.82, 2.24) is 9.88 Å². The molecule has 0 radical (unpaired) electrons. The van der Waals surface area contributed by atoms with Crippen molar-refractivity contribution in [2.24, 2.45) is 5.92 Å². The molecule has 2 fully saturated rings. The molecule has 2 aliphatic rings. The van der Waals surface area contributed by atoms with Gasteiger partial charge in [0, 0.05) is 35.0 Å². The summed E-state index contributed by atoms with van der Waals surface area (Å²) in [6.07, 6.45) is 3.11. The number of aromatic nitrogens is 1. The van der Waals surface area contributed by atoms with Gasteiger partial charge in [-0.3, -0.25) is 4.79 Å². The Hall–Kier alpha value is -1.40. The molecule has 4 nitrogen and oxygen atoms in total. The number of nitrogens with one attached hydrogen (secondary N) is 1. The average Bonchev–Trinajstić information content (AvgIpc) is 3.05. The topological polar surface area (TPSA) is 45.3 Å². The molecule has 0 unspecified atom stereocenters. The largest absolute Gasteiger partial charge is 0.381 e. The predicted octanol–water partition coefficient (Wildman–Crippen LogP) is 3.71. The second kappa shape index (κ2) is 5.91. The fourth-order valence-corrected chi connectivity index (χ4v) is 3.65. The maximum absolute atomic E-state index is 14.0. The number of carbonyl (C=O) groups is 1. The number of hydrogen-bond donors (Lipinski definition) is 1. The molecule has 1 aromatic carbocycles. The number of fused-ring (bicyclic) bond motifs is 1. The molecule has 122 valence electrons. The number of ether oxygens (including phenoxy) is 1. The van der Waals surface area contributed by atoms with E-state index in [1.165, 1.54) is 6.07 Å². The van der Waals surface area contributed by atoms with Crippen LogP contribution in [0, 0.1) is 11.7 Å². The smallest absolute Gasteiger partial charge is 0.270 e. The van der Waals surface area contributed by atoms with Gasteiger partial charge in [0.1, 0.15) is 11.5 Å². The third kappa shape index (κ3) is 3.02. The lowest BCUT2D eigenvalue weighted by Crippen LogP contribution is -2.37. The Morgan fingerprint density at radius 3 is 2.87 bits per heavy atom. The minimum atomic E-state index is -0.327. The highest BCUT2D eigenvalue weighted by molar-refractivity contribution is 9.10. The number of nitrogens with zero attached hydrogens (tertiary/aromatic N) is 1. The maximum Gasteiger partial charge on any atom is 0.270 e. The predicted molar refractivity (Wildman–Crippen MR) is 88.9 cm³/mol. The number of rotatable bonds is 4. The molecule has 2 heterocycles. The lowest BCUT2D eigenvalue weighted by molar-refractivity contribution is 0.0701. The first kappa shape index (κ1) is 15.1. The van der Waals surface area contributed by atoms with Crippen LogP contribution >= 0.6 is 15.9 Å². The lowest BCUT2D eigenvalue weighted by Gasteiger charge is -2.24. The monoisotopic (exact) mass is 380 g/mol. The molecule has 1 saturated heterocycles. The van der Waals surface area contributed by atoms with Gasteiger partial charge in [-0.25, -0.2) is 4.39 Å². The summed E-state index contributed by atoms with van der Waals surface area (Å²) >= 11 is 3.28. The Labute approximate surface area is 142 Å². The van der Waals surface area contributed by atoms with Crippen LogP contribution in [0.1, 0.15) is 29.8 Å². The van der Waals surface area contributed by atoms with Gasteiger partial charge in [-0.15, -0.1) is 0 Å². The van der Waals surface area contributed by atoms with Crippen molar-refractivity contribution < 1.29 is 13.9 Å². The van der Waals surface area contributed by atoms with Gasteiger partial charge in [0.25, 0.3) is 5.91 Å². The number of carbonyl (C=O) groups excluding carboxylic acids is 1. The van der Waals surface area contributed by atoms with Crippen LogP contribution in [0.2, 0.25) is 0 Å². The molecule has 1 atom stereocenters. The van der Waals surface area contributed by atoms with Crippen molar-refractivity contribution in [3.63, 3.8) is 0 Å². The second-order valence-electron chi connectivity index (χ2n) is 6.45. The van der Waals surface area contributed by atoms with E-state index in [4.69, 9.17) is 4.74 Å². The van der Waals surface area contributed by atoms with E-state index in [1.54, 1.807) is 12.1 Å². The molecule has 23 heavy (non-hydrogen) atoms. The number of aromatic amines is 1. The van der Waals surface area contributed by atoms with E-state index < -0.39 is 0 Å². The average molecular weight is 381 g/mol. The van der Waals surface area contributed by atoms with Gasteiger partial charge < -0.3 is 14.6 Å². The Kier molecular flexibility index (Phi) is 3.89. The van der Waals surface area contributed by atoms with Gasteiger partial charge in [0.2, 0.25) is 0 Å². The van der Waals surface area contributed by atoms with Crippen LogP contribution in [0.15, 0.2) is 22.7 Å². The van der Waals surface area contributed by atoms with Gasteiger partial charge in [-0.1, -0.05) is 15.9 Å². The summed E-state index contributed by atoms with van der Waals surface area (Å²) in [4.78, 5) is 17.9. The van der Waals surface area contributed by atoms with Crippen molar-refractivity contribution >= 4 is 32.7 Å². The van der Waals surface area contributed by atoms with E-state index in [1.807, 2.05) is 4.90 Å². The zero-order valence-electron chi connectivity index (χ0n) is 12.6. The standard InChI is InChI=1S/C17H18BrFN2O2/c18-11-5-14(19)13-7-16(20-15(13)6-11)17(22)21(12-1-2-12)8-10-3-4-23-9-10/h5-7,10,12,20H,1-4,8-9H2/t10-/m1/s1. The van der Waals surface area contributed by atoms with Crippen molar-refractivity contribution in [1.29, 1.82) is 0 Å². The van der Waals surface area contributed by atoms with E-state index in [9.17, 15) is 9.18 Å². The number of H-pyrrole nitrogens is 1. The number of hydrogen-bond acceptors (Lipinski definition) is 2. The van der Waals surface area contributed by atoms with Crippen molar-refractivity contribution in [2.75, 3.05) is 19.8 Å². The number of benzene rings is 1. The molecule has 1 aromatic heterocycles. The third-order valence-electron chi connectivity index (χ3n) is 4.61. The molecule has 1 aliphatic heterocycles. The molecule has 0 bridgehead atoms. The van der Waals surface area contributed by atoms with Gasteiger partial charge >= 0.3 is 0 Å².